The SMILES string of the molecule is Cc1c(C=Nn2c(-c3cc4ccccc4o3)nc3ccccc3c2=O)c2ccccc2n1Cc1ccc(C(=O)O)cc1. The molecule has 0 saturated heterocycles. The fourth-order valence-corrected chi connectivity index (χ4v) is 5.36. The van der Waals surface area contributed by atoms with E-state index in [1.165, 1.54) is 4.68 Å². The summed E-state index contributed by atoms with van der Waals surface area (Å²) in [4.78, 5) is 29.8. The van der Waals surface area contributed by atoms with E-state index in [0.29, 0.717) is 34.6 Å². The van der Waals surface area contributed by atoms with E-state index in [1.54, 1.807) is 36.5 Å². The largest absolute Gasteiger partial charge is 0.478 e. The van der Waals surface area contributed by atoms with Gasteiger partial charge in [0.25, 0.3) is 5.56 Å². The van der Waals surface area contributed by atoms with Crippen LogP contribution in [-0.4, -0.2) is 31.5 Å². The molecule has 0 aliphatic heterocycles. The summed E-state index contributed by atoms with van der Waals surface area (Å²) >= 11 is 0. The molecule has 3 heterocycles. The van der Waals surface area contributed by atoms with Gasteiger partial charge in [-0.2, -0.15) is 9.78 Å². The molecule has 0 radical (unpaired) electrons. The highest BCUT2D eigenvalue weighted by Gasteiger charge is 2.18. The number of carboxylic acid groups (broad SMARTS) is 1. The quantitative estimate of drug-likeness (QED) is 0.231. The molecule has 7 rings (SSSR count). The van der Waals surface area contributed by atoms with Gasteiger partial charge in [-0.3, -0.25) is 4.79 Å². The van der Waals surface area contributed by atoms with Crippen LogP contribution in [0.25, 0.3) is 44.4 Å². The lowest BCUT2D eigenvalue weighted by atomic mass is 10.1. The Morgan fingerprint density at radius 3 is 2.43 bits per heavy atom. The first kappa shape index (κ1) is 25.2. The molecule has 204 valence electrons. The normalized spacial score (nSPS) is 11.7. The molecule has 0 aliphatic carbocycles. The Hall–Kier alpha value is -5.76. The molecule has 0 amide bonds. The predicted octanol–water partition coefficient (Wildman–Crippen LogP) is 6.70. The molecule has 0 aliphatic rings. The number of fused-ring (bicyclic) bond motifs is 3. The van der Waals surface area contributed by atoms with E-state index in [4.69, 9.17) is 14.5 Å². The van der Waals surface area contributed by atoms with E-state index in [-0.39, 0.29) is 11.1 Å². The lowest BCUT2D eigenvalue weighted by Gasteiger charge is -2.09. The van der Waals surface area contributed by atoms with E-state index in [1.807, 2.05) is 79.7 Å². The van der Waals surface area contributed by atoms with Crippen LogP contribution < -0.4 is 5.56 Å². The van der Waals surface area contributed by atoms with Crippen molar-refractivity contribution in [2.45, 2.75) is 13.5 Å². The van der Waals surface area contributed by atoms with Gasteiger partial charge in [-0.05, 0) is 55.0 Å². The highest BCUT2D eigenvalue weighted by molar-refractivity contribution is 6.01. The third-order valence-electron chi connectivity index (χ3n) is 7.52. The van der Waals surface area contributed by atoms with E-state index in [2.05, 4.69) is 4.57 Å². The molecule has 7 aromatic rings. The standard InChI is InChI=1S/C34H24N4O4/c1-21-27(25-9-4-6-12-29(25)37(21)20-22-14-16-23(17-15-22)34(40)41)19-35-38-32(31-18-24-8-2-7-13-30(24)42-31)36-28-11-5-3-10-26(28)33(38)39/h2-19H,20H2,1H3,(H,40,41). The van der Waals surface area contributed by atoms with Crippen molar-refractivity contribution in [3.8, 4) is 11.6 Å². The summed E-state index contributed by atoms with van der Waals surface area (Å²) < 4.78 is 9.56. The number of aromatic carboxylic acids is 1. The summed E-state index contributed by atoms with van der Waals surface area (Å²) in [5, 5.41) is 16.3. The summed E-state index contributed by atoms with van der Waals surface area (Å²) in [5.41, 5.74) is 4.99. The number of hydrogen-bond donors (Lipinski definition) is 1. The van der Waals surface area contributed by atoms with Crippen LogP contribution in [0.15, 0.2) is 117 Å². The number of benzene rings is 4. The minimum atomic E-state index is -0.955. The highest BCUT2D eigenvalue weighted by atomic mass is 16.4. The number of carboxylic acids is 1. The van der Waals surface area contributed by atoms with Crippen molar-refractivity contribution >= 4 is 45.0 Å². The van der Waals surface area contributed by atoms with Crippen LogP contribution in [0.4, 0.5) is 0 Å². The molecule has 8 heteroatoms. The minimum absolute atomic E-state index is 0.246. The van der Waals surface area contributed by atoms with E-state index in [0.717, 1.165) is 33.1 Å². The Morgan fingerprint density at radius 1 is 0.929 bits per heavy atom. The van der Waals surface area contributed by atoms with E-state index >= 15 is 0 Å². The second kappa shape index (κ2) is 10.0. The molecular formula is C34H24N4O4. The zero-order valence-corrected chi connectivity index (χ0v) is 22.6. The van der Waals surface area contributed by atoms with Crippen LogP contribution in [0, 0.1) is 6.92 Å². The van der Waals surface area contributed by atoms with Gasteiger partial charge >= 0.3 is 5.97 Å². The monoisotopic (exact) mass is 552 g/mol. The van der Waals surface area contributed by atoms with Crippen molar-refractivity contribution in [2.75, 3.05) is 0 Å². The molecule has 0 spiro atoms. The van der Waals surface area contributed by atoms with Gasteiger partial charge in [0.05, 0.1) is 22.7 Å². The predicted molar refractivity (Wildman–Crippen MR) is 163 cm³/mol. The van der Waals surface area contributed by atoms with Crippen LogP contribution in [0.2, 0.25) is 0 Å². The number of hydrogen-bond acceptors (Lipinski definition) is 5. The maximum Gasteiger partial charge on any atom is 0.335 e. The third kappa shape index (κ3) is 4.26. The molecule has 4 aromatic carbocycles. The molecular weight excluding hydrogens is 528 g/mol. The van der Waals surface area contributed by atoms with Gasteiger partial charge in [0.1, 0.15) is 5.58 Å². The van der Waals surface area contributed by atoms with Gasteiger partial charge in [0.2, 0.25) is 5.82 Å². The van der Waals surface area contributed by atoms with Gasteiger partial charge in [-0.1, -0.05) is 60.7 Å². The van der Waals surface area contributed by atoms with Crippen molar-refractivity contribution in [3.05, 3.63) is 136 Å². The first-order chi connectivity index (χ1) is 20.5. The molecule has 0 saturated carbocycles. The van der Waals surface area contributed by atoms with Gasteiger partial charge < -0.3 is 14.1 Å². The fraction of sp³-hybridized carbons (Fsp3) is 0.0588. The number of rotatable bonds is 6. The summed E-state index contributed by atoms with van der Waals surface area (Å²) in [6, 6.07) is 31.6. The average Bonchev–Trinajstić information content (AvgIpc) is 3.56. The maximum atomic E-state index is 13.7. The Kier molecular flexibility index (Phi) is 6.01. The smallest absolute Gasteiger partial charge is 0.335 e. The van der Waals surface area contributed by atoms with Crippen molar-refractivity contribution < 1.29 is 14.3 Å². The topological polar surface area (TPSA) is 103 Å². The zero-order valence-electron chi connectivity index (χ0n) is 22.6. The molecule has 8 nitrogen and oxygen atoms in total. The lowest BCUT2D eigenvalue weighted by Crippen LogP contribution is -2.20. The molecule has 0 unspecified atom stereocenters. The summed E-state index contributed by atoms with van der Waals surface area (Å²) in [7, 11) is 0. The first-order valence-electron chi connectivity index (χ1n) is 13.4. The van der Waals surface area contributed by atoms with Crippen molar-refractivity contribution in [1.82, 2.24) is 14.2 Å². The highest BCUT2D eigenvalue weighted by Crippen LogP contribution is 2.28. The van der Waals surface area contributed by atoms with Crippen molar-refractivity contribution in [3.63, 3.8) is 0 Å². The fourth-order valence-electron chi connectivity index (χ4n) is 5.36. The number of nitrogens with zero attached hydrogens (tertiary/aromatic N) is 4. The van der Waals surface area contributed by atoms with Crippen molar-refractivity contribution in [2.24, 2.45) is 5.10 Å². The second-order valence-corrected chi connectivity index (χ2v) is 10.1. The van der Waals surface area contributed by atoms with Crippen LogP contribution >= 0.6 is 0 Å². The molecule has 0 fully saturated rings. The van der Waals surface area contributed by atoms with Crippen LogP contribution in [-0.2, 0) is 6.54 Å². The Labute approximate surface area is 239 Å². The van der Waals surface area contributed by atoms with Crippen LogP contribution in [0.3, 0.4) is 0 Å². The van der Waals surface area contributed by atoms with Gasteiger partial charge in [-0.15, -0.1) is 0 Å². The second-order valence-electron chi connectivity index (χ2n) is 10.1. The molecule has 0 atom stereocenters. The molecule has 42 heavy (non-hydrogen) atoms. The number of para-hydroxylation sites is 3. The van der Waals surface area contributed by atoms with Gasteiger partial charge in [0, 0.05) is 34.1 Å². The number of furan rings is 1. The summed E-state index contributed by atoms with van der Waals surface area (Å²) in [6.45, 7) is 2.55. The van der Waals surface area contributed by atoms with Crippen LogP contribution in [0.1, 0.15) is 27.2 Å². The van der Waals surface area contributed by atoms with Gasteiger partial charge in [-0.25, -0.2) is 9.78 Å². The zero-order chi connectivity index (χ0) is 28.8. The van der Waals surface area contributed by atoms with Crippen molar-refractivity contribution in [1.29, 1.82) is 0 Å². The average molecular weight is 553 g/mol. The van der Waals surface area contributed by atoms with Gasteiger partial charge in [0.15, 0.2) is 5.76 Å². The summed E-state index contributed by atoms with van der Waals surface area (Å²) in [6.07, 6.45) is 1.70. The van der Waals surface area contributed by atoms with Crippen LogP contribution in [0.5, 0.6) is 0 Å². The number of carbonyl (C=O) groups is 1. The summed E-state index contributed by atoms with van der Waals surface area (Å²) in [5.74, 6) is -0.200. The Bertz CT molecular complexity index is 2200. The lowest BCUT2D eigenvalue weighted by molar-refractivity contribution is 0.0697. The van der Waals surface area contributed by atoms with E-state index < -0.39 is 5.97 Å². The molecule has 3 aromatic heterocycles. The molecule has 1 N–H and O–H groups in total. The van der Waals surface area contributed by atoms with E-state index in [9.17, 15) is 14.7 Å². The molecule has 0 bridgehead atoms. The number of aromatic nitrogens is 3. The Morgan fingerprint density at radius 2 is 1.64 bits per heavy atom. The Balaban J connectivity index is 1.37. The first-order valence-corrected chi connectivity index (χ1v) is 13.4. The maximum absolute atomic E-state index is 13.7. The third-order valence-corrected chi connectivity index (χ3v) is 7.52. The minimum Gasteiger partial charge on any atom is -0.478 e.